The number of sulfonamides is 1. The maximum atomic E-state index is 12.7. The molecular weight excluding hydrogens is 370 g/mol. The van der Waals surface area contributed by atoms with Crippen molar-refractivity contribution in [3.05, 3.63) is 40.4 Å². The van der Waals surface area contributed by atoms with Gasteiger partial charge in [-0.15, -0.1) is 0 Å². The van der Waals surface area contributed by atoms with E-state index in [1.54, 1.807) is 13.8 Å². The van der Waals surface area contributed by atoms with E-state index in [1.165, 1.54) is 27.2 Å². The molecule has 27 heavy (non-hydrogen) atoms. The summed E-state index contributed by atoms with van der Waals surface area (Å²) in [6, 6.07) is 2.55. The first-order valence-corrected chi connectivity index (χ1v) is 10.6. The number of rotatable bonds is 7. The zero-order valence-corrected chi connectivity index (χ0v) is 16.4. The summed E-state index contributed by atoms with van der Waals surface area (Å²) < 4.78 is 33.2. The van der Waals surface area contributed by atoms with Crippen molar-refractivity contribution in [3.63, 3.8) is 0 Å². The second kappa shape index (κ2) is 7.53. The van der Waals surface area contributed by atoms with Gasteiger partial charge in [-0.25, -0.2) is 8.42 Å². The summed E-state index contributed by atoms with van der Waals surface area (Å²) in [5.41, 5.74) is 5.39. The third-order valence-corrected chi connectivity index (χ3v) is 7.05. The van der Waals surface area contributed by atoms with Crippen LogP contribution in [-0.4, -0.2) is 40.5 Å². The Labute approximate surface area is 158 Å². The van der Waals surface area contributed by atoms with Crippen LogP contribution >= 0.6 is 0 Å². The van der Waals surface area contributed by atoms with Crippen molar-refractivity contribution in [1.82, 2.24) is 19.0 Å². The lowest BCUT2D eigenvalue weighted by atomic mass is 9.99. The van der Waals surface area contributed by atoms with E-state index < -0.39 is 15.6 Å². The molecule has 1 saturated carbocycles. The van der Waals surface area contributed by atoms with Crippen molar-refractivity contribution >= 4 is 10.0 Å². The van der Waals surface area contributed by atoms with Gasteiger partial charge in [0.1, 0.15) is 6.54 Å². The Balaban J connectivity index is 1.88. The Bertz CT molecular complexity index is 956. The maximum Gasteiger partial charge on any atom is 0.251 e. The summed E-state index contributed by atoms with van der Waals surface area (Å²) in [6.07, 6.45) is 4.94. The zero-order valence-electron chi connectivity index (χ0n) is 15.6. The highest BCUT2D eigenvalue weighted by Crippen LogP contribution is 2.34. The molecule has 0 atom stereocenters. The molecule has 2 aromatic heterocycles. The number of nitrogens with zero attached hydrogens (tertiary/aromatic N) is 4. The predicted octanol–water partition coefficient (Wildman–Crippen LogP) is 1.04. The van der Waals surface area contributed by atoms with E-state index in [1.807, 2.05) is 0 Å². The van der Waals surface area contributed by atoms with E-state index >= 15 is 0 Å². The van der Waals surface area contributed by atoms with E-state index in [0.29, 0.717) is 18.9 Å². The number of aromatic nitrogens is 3. The number of pyridine rings is 1. The lowest BCUT2D eigenvalue weighted by Gasteiger charge is -2.18. The molecule has 0 radical (unpaired) electrons. The Morgan fingerprint density at radius 2 is 1.93 bits per heavy atom. The van der Waals surface area contributed by atoms with Crippen molar-refractivity contribution in [2.45, 2.75) is 56.5 Å². The summed E-state index contributed by atoms with van der Waals surface area (Å²) >= 11 is 0. The van der Waals surface area contributed by atoms with E-state index in [9.17, 15) is 13.2 Å². The van der Waals surface area contributed by atoms with Gasteiger partial charge in [-0.05, 0) is 18.9 Å². The molecule has 1 aliphatic carbocycles. The molecule has 0 spiro atoms. The summed E-state index contributed by atoms with van der Waals surface area (Å²) in [6.45, 7) is 4.22. The van der Waals surface area contributed by atoms with Crippen LogP contribution in [-0.2, 0) is 22.1 Å². The van der Waals surface area contributed by atoms with Crippen LogP contribution in [0.1, 0.15) is 51.2 Å². The minimum absolute atomic E-state index is 0.0104. The third kappa shape index (κ3) is 3.83. The predicted molar refractivity (Wildman–Crippen MR) is 98.5 cm³/mol. The van der Waals surface area contributed by atoms with Gasteiger partial charge in [0.2, 0.25) is 15.9 Å². The molecule has 2 heterocycles. The molecule has 0 unspecified atom stereocenters. The van der Waals surface area contributed by atoms with Crippen LogP contribution in [0.15, 0.2) is 32.5 Å². The minimum Gasteiger partial charge on any atom is -0.337 e. The second-order valence-electron chi connectivity index (χ2n) is 6.80. The van der Waals surface area contributed by atoms with E-state index in [2.05, 4.69) is 10.1 Å². The van der Waals surface area contributed by atoms with Crippen LogP contribution in [0.3, 0.4) is 0 Å². The molecule has 0 saturated heterocycles. The molecule has 148 valence electrons. The Kier molecular flexibility index (Phi) is 5.50. The highest BCUT2D eigenvalue weighted by Gasteiger charge is 2.36. The van der Waals surface area contributed by atoms with Gasteiger partial charge in [-0.3, -0.25) is 4.79 Å². The quantitative estimate of drug-likeness (QED) is 0.742. The van der Waals surface area contributed by atoms with Crippen molar-refractivity contribution in [2.24, 2.45) is 5.73 Å². The van der Waals surface area contributed by atoms with Crippen molar-refractivity contribution in [3.8, 4) is 0 Å². The van der Waals surface area contributed by atoms with E-state index in [0.717, 1.165) is 25.7 Å². The Hall–Kier alpha value is -2.04. The van der Waals surface area contributed by atoms with Gasteiger partial charge in [-0.2, -0.15) is 9.29 Å². The van der Waals surface area contributed by atoms with Gasteiger partial charge >= 0.3 is 0 Å². The largest absolute Gasteiger partial charge is 0.337 e. The molecule has 9 nitrogen and oxygen atoms in total. The molecular formula is C17H25N5O4S. The minimum atomic E-state index is -3.66. The van der Waals surface area contributed by atoms with Gasteiger partial charge in [0.15, 0.2) is 5.82 Å². The Morgan fingerprint density at radius 1 is 1.26 bits per heavy atom. The highest BCUT2D eigenvalue weighted by molar-refractivity contribution is 7.89. The molecule has 1 fully saturated rings. The number of hydrogen-bond acceptors (Lipinski definition) is 7. The van der Waals surface area contributed by atoms with Crippen molar-refractivity contribution in [1.29, 1.82) is 0 Å². The lowest BCUT2D eigenvalue weighted by Crippen LogP contribution is -2.34. The molecule has 1 aliphatic rings. The Morgan fingerprint density at radius 3 is 2.56 bits per heavy atom. The topological polar surface area (TPSA) is 124 Å². The molecule has 0 amide bonds. The monoisotopic (exact) mass is 395 g/mol. The first-order chi connectivity index (χ1) is 12.8. The SMILES string of the molecule is CCN(CC)S(=O)(=O)c1ccc(=O)n(Cc2nc(C3(N)CCCC3)no2)c1. The van der Waals surface area contributed by atoms with Gasteiger partial charge in [0.05, 0.1) is 10.4 Å². The molecule has 2 N–H and O–H groups in total. The normalized spacial score (nSPS) is 16.9. The summed E-state index contributed by atoms with van der Waals surface area (Å²) in [4.78, 5) is 16.6. The number of hydrogen-bond donors (Lipinski definition) is 1. The van der Waals surface area contributed by atoms with Crippen LogP contribution in [0.25, 0.3) is 0 Å². The van der Waals surface area contributed by atoms with Crippen LogP contribution in [0, 0.1) is 0 Å². The molecule has 3 rings (SSSR count). The van der Waals surface area contributed by atoms with Crippen LogP contribution in [0.2, 0.25) is 0 Å². The third-order valence-electron chi connectivity index (χ3n) is 5.01. The summed E-state index contributed by atoms with van der Waals surface area (Å²) in [5, 5.41) is 3.97. The fraction of sp³-hybridized carbons (Fsp3) is 0.588. The number of nitrogens with two attached hydrogens (primary N) is 1. The first kappa shape index (κ1) is 19.7. The highest BCUT2D eigenvalue weighted by atomic mass is 32.2. The van der Waals surface area contributed by atoms with Gasteiger partial charge in [0.25, 0.3) is 5.56 Å². The first-order valence-electron chi connectivity index (χ1n) is 9.13. The molecule has 2 aromatic rings. The average Bonchev–Trinajstić information content (AvgIpc) is 3.28. The fourth-order valence-corrected chi connectivity index (χ4v) is 4.87. The van der Waals surface area contributed by atoms with E-state index in [4.69, 9.17) is 10.3 Å². The zero-order chi connectivity index (χ0) is 19.7. The summed E-state index contributed by atoms with van der Waals surface area (Å²) in [7, 11) is -3.66. The summed E-state index contributed by atoms with van der Waals surface area (Å²) in [5.74, 6) is 0.663. The van der Waals surface area contributed by atoms with Gasteiger partial charge in [-0.1, -0.05) is 31.8 Å². The van der Waals surface area contributed by atoms with Crippen molar-refractivity contribution in [2.75, 3.05) is 13.1 Å². The fourth-order valence-electron chi connectivity index (χ4n) is 3.39. The maximum absolute atomic E-state index is 12.7. The lowest BCUT2D eigenvalue weighted by molar-refractivity contribution is 0.343. The molecule has 0 bridgehead atoms. The molecule has 0 aromatic carbocycles. The van der Waals surface area contributed by atoms with Crippen molar-refractivity contribution < 1.29 is 12.9 Å². The van der Waals surface area contributed by atoms with Gasteiger partial charge in [0, 0.05) is 25.4 Å². The standard InChI is InChI=1S/C17H25N5O4S/c1-3-22(4-2)27(24,25)13-7-8-15(23)21(11-13)12-14-19-16(20-26-14)17(18)9-5-6-10-17/h7-8,11H,3-6,9-10,12,18H2,1-2H3. The smallest absolute Gasteiger partial charge is 0.251 e. The second-order valence-corrected chi connectivity index (χ2v) is 8.73. The van der Waals surface area contributed by atoms with Gasteiger partial charge < -0.3 is 14.8 Å². The molecule has 0 aliphatic heterocycles. The van der Waals surface area contributed by atoms with Crippen LogP contribution in [0.4, 0.5) is 0 Å². The van der Waals surface area contributed by atoms with Crippen LogP contribution < -0.4 is 11.3 Å². The molecule has 10 heteroatoms. The van der Waals surface area contributed by atoms with Crippen LogP contribution in [0.5, 0.6) is 0 Å². The van der Waals surface area contributed by atoms with E-state index in [-0.39, 0.29) is 22.9 Å². The average molecular weight is 395 g/mol.